The standard InChI is InChI=1S/C25H38O8/c1-4-13-30-22-9-11-23(12-10-22)31-19-17-28-14-5-6-15-29-18-20-32-24(26)8-7-16-33-25(27)21(2)3/h9-12H,2,4-8,13-20H2,1,3H3. The van der Waals surface area contributed by atoms with E-state index in [-0.39, 0.29) is 25.6 Å². The molecular weight excluding hydrogens is 428 g/mol. The molecule has 0 bridgehead atoms. The molecule has 0 aliphatic carbocycles. The summed E-state index contributed by atoms with van der Waals surface area (Å²) in [5, 5.41) is 0. The minimum Gasteiger partial charge on any atom is -0.494 e. The van der Waals surface area contributed by atoms with Crippen LogP contribution in [0.5, 0.6) is 11.5 Å². The maximum atomic E-state index is 11.6. The highest BCUT2D eigenvalue weighted by molar-refractivity contribution is 5.86. The van der Waals surface area contributed by atoms with Gasteiger partial charge in [0.1, 0.15) is 24.7 Å². The van der Waals surface area contributed by atoms with E-state index in [2.05, 4.69) is 13.5 Å². The number of rotatable bonds is 20. The summed E-state index contributed by atoms with van der Waals surface area (Å²) in [4.78, 5) is 22.7. The van der Waals surface area contributed by atoms with Gasteiger partial charge in [-0.15, -0.1) is 0 Å². The van der Waals surface area contributed by atoms with Crippen LogP contribution in [0.25, 0.3) is 0 Å². The van der Waals surface area contributed by atoms with Crippen molar-refractivity contribution in [2.24, 2.45) is 0 Å². The van der Waals surface area contributed by atoms with Gasteiger partial charge in [0.05, 0.1) is 26.4 Å². The number of ether oxygens (including phenoxy) is 6. The van der Waals surface area contributed by atoms with Crippen LogP contribution in [0.2, 0.25) is 0 Å². The monoisotopic (exact) mass is 466 g/mol. The fourth-order valence-electron chi connectivity index (χ4n) is 2.47. The van der Waals surface area contributed by atoms with Gasteiger partial charge in [-0.3, -0.25) is 4.79 Å². The summed E-state index contributed by atoms with van der Waals surface area (Å²) in [5.41, 5.74) is 0.339. The van der Waals surface area contributed by atoms with Crippen molar-refractivity contribution in [3.8, 4) is 11.5 Å². The van der Waals surface area contributed by atoms with Crippen LogP contribution < -0.4 is 9.47 Å². The molecule has 8 heteroatoms. The van der Waals surface area contributed by atoms with Crippen molar-refractivity contribution in [3.05, 3.63) is 36.4 Å². The van der Waals surface area contributed by atoms with Gasteiger partial charge >= 0.3 is 11.9 Å². The molecule has 0 aromatic heterocycles. The highest BCUT2D eigenvalue weighted by atomic mass is 16.6. The molecular formula is C25H38O8. The van der Waals surface area contributed by atoms with Gasteiger partial charge < -0.3 is 28.4 Å². The van der Waals surface area contributed by atoms with Crippen molar-refractivity contribution in [1.82, 2.24) is 0 Å². The average Bonchev–Trinajstić information content (AvgIpc) is 2.81. The zero-order valence-electron chi connectivity index (χ0n) is 20.0. The summed E-state index contributed by atoms with van der Waals surface area (Å²) in [5.74, 6) is 0.860. The molecule has 0 aliphatic rings. The second-order valence-electron chi connectivity index (χ2n) is 7.34. The smallest absolute Gasteiger partial charge is 0.333 e. The van der Waals surface area contributed by atoms with Gasteiger partial charge in [0, 0.05) is 25.2 Å². The van der Waals surface area contributed by atoms with Crippen LogP contribution in [0, 0.1) is 0 Å². The Balaban J connectivity index is 1.85. The number of benzene rings is 1. The summed E-state index contributed by atoms with van der Waals surface area (Å²) < 4.78 is 32.1. The normalized spacial score (nSPS) is 10.5. The Kier molecular flexibility index (Phi) is 16.3. The number of hydrogen-bond acceptors (Lipinski definition) is 8. The lowest BCUT2D eigenvalue weighted by Gasteiger charge is -2.09. The molecule has 0 radical (unpaired) electrons. The zero-order chi connectivity index (χ0) is 24.2. The summed E-state index contributed by atoms with van der Waals surface area (Å²) >= 11 is 0. The lowest BCUT2D eigenvalue weighted by atomic mass is 10.3. The van der Waals surface area contributed by atoms with E-state index in [4.69, 9.17) is 28.4 Å². The topological polar surface area (TPSA) is 89.5 Å². The van der Waals surface area contributed by atoms with Crippen molar-refractivity contribution in [3.63, 3.8) is 0 Å². The Morgan fingerprint density at radius 2 is 1.30 bits per heavy atom. The molecule has 186 valence electrons. The van der Waals surface area contributed by atoms with E-state index in [0.717, 1.165) is 30.8 Å². The van der Waals surface area contributed by atoms with Crippen LogP contribution >= 0.6 is 0 Å². The zero-order valence-corrected chi connectivity index (χ0v) is 20.0. The molecule has 1 aromatic carbocycles. The minimum absolute atomic E-state index is 0.174. The third-order valence-electron chi connectivity index (χ3n) is 4.22. The Morgan fingerprint density at radius 3 is 1.88 bits per heavy atom. The summed E-state index contributed by atoms with van der Waals surface area (Å²) in [6, 6.07) is 7.58. The van der Waals surface area contributed by atoms with Crippen LogP contribution in [0.15, 0.2) is 36.4 Å². The maximum Gasteiger partial charge on any atom is 0.333 e. The molecule has 0 amide bonds. The number of carbonyl (C=O) groups excluding carboxylic acids is 2. The molecule has 33 heavy (non-hydrogen) atoms. The highest BCUT2D eigenvalue weighted by Crippen LogP contribution is 2.17. The predicted molar refractivity (Wildman–Crippen MR) is 125 cm³/mol. The molecule has 0 spiro atoms. The molecule has 0 fully saturated rings. The molecule has 0 unspecified atom stereocenters. The molecule has 8 nitrogen and oxygen atoms in total. The van der Waals surface area contributed by atoms with E-state index in [1.54, 1.807) is 6.92 Å². The fourth-order valence-corrected chi connectivity index (χ4v) is 2.47. The minimum atomic E-state index is -0.449. The van der Waals surface area contributed by atoms with Gasteiger partial charge in [-0.25, -0.2) is 4.79 Å². The average molecular weight is 467 g/mol. The molecule has 0 saturated carbocycles. The summed E-state index contributed by atoms with van der Waals surface area (Å²) in [7, 11) is 0. The van der Waals surface area contributed by atoms with Crippen LogP contribution in [-0.4, -0.2) is 64.8 Å². The van der Waals surface area contributed by atoms with Crippen molar-refractivity contribution in [2.45, 2.75) is 46.0 Å². The van der Waals surface area contributed by atoms with Crippen LogP contribution in [-0.2, 0) is 28.5 Å². The van der Waals surface area contributed by atoms with Crippen molar-refractivity contribution in [2.75, 3.05) is 52.9 Å². The molecule has 0 N–H and O–H groups in total. The molecule has 1 aromatic rings. The third kappa shape index (κ3) is 15.8. The van der Waals surface area contributed by atoms with Gasteiger partial charge in [-0.2, -0.15) is 0 Å². The second kappa shape index (κ2) is 18.9. The lowest BCUT2D eigenvalue weighted by Crippen LogP contribution is -2.13. The molecule has 1 rings (SSSR count). The number of hydrogen-bond donors (Lipinski definition) is 0. The Labute approximate surface area is 197 Å². The largest absolute Gasteiger partial charge is 0.494 e. The molecule has 0 atom stereocenters. The Hall–Kier alpha value is -2.58. The molecule has 0 heterocycles. The first-order chi connectivity index (χ1) is 16.0. The first kappa shape index (κ1) is 28.5. The van der Waals surface area contributed by atoms with Crippen LogP contribution in [0.3, 0.4) is 0 Å². The third-order valence-corrected chi connectivity index (χ3v) is 4.22. The van der Waals surface area contributed by atoms with Gasteiger partial charge in [0.15, 0.2) is 0 Å². The quantitative estimate of drug-likeness (QED) is 0.161. The second-order valence-corrected chi connectivity index (χ2v) is 7.34. The van der Waals surface area contributed by atoms with Crippen molar-refractivity contribution >= 4 is 11.9 Å². The number of esters is 2. The van der Waals surface area contributed by atoms with Crippen LogP contribution in [0.4, 0.5) is 0 Å². The van der Waals surface area contributed by atoms with Gasteiger partial charge in [-0.05, 0) is 56.9 Å². The van der Waals surface area contributed by atoms with E-state index < -0.39 is 5.97 Å². The van der Waals surface area contributed by atoms with Crippen molar-refractivity contribution in [1.29, 1.82) is 0 Å². The van der Waals surface area contributed by atoms with E-state index in [0.29, 0.717) is 51.6 Å². The van der Waals surface area contributed by atoms with Gasteiger partial charge in [0.25, 0.3) is 0 Å². The van der Waals surface area contributed by atoms with E-state index in [9.17, 15) is 9.59 Å². The molecule has 0 saturated heterocycles. The van der Waals surface area contributed by atoms with E-state index in [1.807, 2.05) is 24.3 Å². The SMILES string of the molecule is C=C(C)C(=O)OCCCC(=O)OCCOCCCCOCCOc1ccc(OCCC)cc1. The van der Waals surface area contributed by atoms with Crippen LogP contribution in [0.1, 0.15) is 46.0 Å². The number of carbonyl (C=O) groups is 2. The van der Waals surface area contributed by atoms with Crippen molar-refractivity contribution < 1.29 is 38.0 Å². The van der Waals surface area contributed by atoms with E-state index >= 15 is 0 Å². The molecule has 0 aliphatic heterocycles. The predicted octanol–water partition coefficient (Wildman–Crippen LogP) is 4.11. The first-order valence-corrected chi connectivity index (χ1v) is 11.5. The lowest BCUT2D eigenvalue weighted by molar-refractivity contribution is -0.147. The van der Waals surface area contributed by atoms with E-state index in [1.165, 1.54) is 0 Å². The Morgan fingerprint density at radius 1 is 0.727 bits per heavy atom. The fraction of sp³-hybridized carbons (Fsp3) is 0.600. The Bertz CT molecular complexity index is 671. The first-order valence-electron chi connectivity index (χ1n) is 11.5. The van der Waals surface area contributed by atoms with Gasteiger partial charge in [0.2, 0.25) is 0 Å². The summed E-state index contributed by atoms with van der Waals surface area (Å²) in [6.07, 6.45) is 3.34. The summed E-state index contributed by atoms with van der Waals surface area (Å²) in [6.45, 7) is 10.8. The number of unbranched alkanes of at least 4 members (excludes halogenated alkanes) is 1. The maximum absolute atomic E-state index is 11.6. The van der Waals surface area contributed by atoms with Gasteiger partial charge in [-0.1, -0.05) is 13.5 Å². The highest BCUT2D eigenvalue weighted by Gasteiger charge is 2.06.